The SMILES string of the molecule is CCN(C(=O)c1cc(F)ccc1OC)C1CCCCC1. The maximum Gasteiger partial charge on any atom is 0.257 e. The van der Waals surface area contributed by atoms with Gasteiger partial charge in [0.2, 0.25) is 0 Å². The average Bonchev–Trinajstić information content (AvgIpc) is 2.49. The molecule has 0 radical (unpaired) electrons. The van der Waals surface area contributed by atoms with E-state index in [1.165, 1.54) is 31.7 Å². The molecule has 3 nitrogen and oxygen atoms in total. The van der Waals surface area contributed by atoms with Crippen LogP contribution >= 0.6 is 0 Å². The first-order chi connectivity index (χ1) is 9.67. The molecule has 0 N–H and O–H groups in total. The topological polar surface area (TPSA) is 29.5 Å². The summed E-state index contributed by atoms with van der Waals surface area (Å²) >= 11 is 0. The minimum absolute atomic E-state index is 0.129. The summed E-state index contributed by atoms with van der Waals surface area (Å²) in [6.07, 6.45) is 5.64. The van der Waals surface area contributed by atoms with Gasteiger partial charge < -0.3 is 9.64 Å². The Morgan fingerprint density at radius 2 is 2.05 bits per heavy atom. The number of carbonyl (C=O) groups is 1. The van der Waals surface area contributed by atoms with E-state index in [1.807, 2.05) is 11.8 Å². The van der Waals surface area contributed by atoms with Crippen LogP contribution in [0.2, 0.25) is 0 Å². The van der Waals surface area contributed by atoms with E-state index in [-0.39, 0.29) is 11.9 Å². The fraction of sp³-hybridized carbons (Fsp3) is 0.562. The number of rotatable bonds is 4. The molecule has 0 atom stereocenters. The first-order valence-corrected chi connectivity index (χ1v) is 7.32. The van der Waals surface area contributed by atoms with Crippen molar-refractivity contribution >= 4 is 5.91 Å². The quantitative estimate of drug-likeness (QED) is 0.842. The fourth-order valence-electron chi connectivity index (χ4n) is 2.96. The number of benzene rings is 1. The van der Waals surface area contributed by atoms with Gasteiger partial charge in [0.1, 0.15) is 11.6 Å². The highest BCUT2D eigenvalue weighted by molar-refractivity contribution is 5.97. The van der Waals surface area contributed by atoms with Crippen LogP contribution in [-0.4, -0.2) is 30.5 Å². The lowest BCUT2D eigenvalue weighted by molar-refractivity contribution is 0.0644. The number of hydrogen-bond acceptors (Lipinski definition) is 2. The van der Waals surface area contributed by atoms with E-state index in [2.05, 4.69) is 0 Å². The van der Waals surface area contributed by atoms with Crippen molar-refractivity contribution < 1.29 is 13.9 Å². The third kappa shape index (κ3) is 3.11. The maximum atomic E-state index is 13.4. The van der Waals surface area contributed by atoms with Gasteiger partial charge in [-0.3, -0.25) is 4.79 Å². The normalized spacial score (nSPS) is 15.9. The Hall–Kier alpha value is -1.58. The summed E-state index contributed by atoms with van der Waals surface area (Å²) in [5.74, 6) is -0.102. The van der Waals surface area contributed by atoms with Gasteiger partial charge in [-0.2, -0.15) is 0 Å². The summed E-state index contributed by atoms with van der Waals surface area (Å²) in [6, 6.07) is 4.37. The zero-order valence-corrected chi connectivity index (χ0v) is 12.2. The molecule has 1 aliphatic carbocycles. The highest BCUT2D eigenvalue weighted by Crippen LogP contribution is 2.27. The molecular formula is C16H22FNO2. The molecule has 2 rings (SSSR count). The first kappa shape index (κ1) is 14.8. The van der Waals surface area contributed by atoms with E-state index in [0.29, 0.717) is 17.9 Å². The molecule has 1 aromatic carbocycles. The summed E-state index contributed by atoms with van der Waals surface area (Å²) < 4.78 is 18.6. The van der Waals surface area contributed by atoms with Gasteiger partial charge in [-0.15, -0.1) is 0 Å². The van der Waals surface area contributed by atoms with Crippen LogP contribution in [0.3, 0.4) is 0 Å². The summed E-state index contributed by atoms with van der Waals surface area (Å²) in [6.45, 7) is 2.61. The van der Waals surface area contributed by atoms with Crippen LogP contribution in [0.1, 0.15) is 49.4 Å². The molecule has 4 heteroatoms. The Kier molecular flexibility index (Phi) is 4.99. The van der Waals surface area contributed by atoms with E-state index < -0.39 is 5.82 Å². The standard InChI is InChI=1S/C16H22FNO2/c1-3-18(13-7-5-4-6-8-13)16(19)14-11-12(17)9-10-15(14)20-2/h9-11,13H,3-8H2,1-2H3. The Morgan fingerprint density at radius 3 is 2.65 bits per heavy atom. The lowest BCUT2D eigenvalue weighted by Gasteiger charge is -2.34. The van der Waals surface area contributed by atoms with E-state index >= 15 is 0 Å². The summed E-state index contributed by atoms with van der Waals surface area (Å²) in [5, 5.41) is 0. The molecule has 1 aromatic rings. The van der Waals surface area contributed by atoms with Crippen molar-refractivity contribution in [1.82, 2.24) is 4.90 Å². The van der Waals surface area contributed by atoms with Gasteiger partial charge in [0.05, 0.1) is 12.7 Å². The number of hydrogen-bond donors (Lipinski definition) is 0. The van der Waals surface area contributed by atoms with Crippen LogP contribution in [0.25, 0.3) is 0 Å². The minimum Gasteiger partial charge on any atom is -0.496 e. The van der Waals surface area contributed by atoms with Crippen molar-refractivity contribution in [2.75, 3.05) is 13.7 Å². The maximum absolute atomic E-state index is 13.4. The summed E-state index contributed by atoms with van der Waals surface area (Å²) in [4.78, 5) is 14.5. The van der Waals surface area contributed by atoms with E-state index in [1.54, 1.807) is 0 Å². The van der Waals surface area contributed by atoms with Gasteiger partial charge in [0.15, 0.2) is 0 Å². The van der Waals surface area contributed by atoms with Gasteiger partial charge in [-0.1, -0.05) is 19.3 Å². The number of nitrogens with zero attached hydrogens (tertiary/aromatic N) is 1. The number of carbonyl (C=O) groups excluding carboxylic acids is 1. The summed E-state index contributed by atoms with van der Waals surface area (Å²) in [7, 11) is 1.50. The van der Waals surface area contributed by atoms with Gasteiger partial charge in [0.25, 0.3) is 5.91 Å². The zero-order valence-electron chi connectivity index (χ0n) is 12.2. The fourth-order valence-corrected chi connectivity index (χ4v) is 2.96. The second-order valence-corrected chi connectivity index (χ2v) is 5.23. The van der Waals surface area contributed by atoms with Crippen LogP contribution in [0.15, 0.2) is 18.2 Å². The lowest BCUT2D eigenvalue weighted by atomic mass is 9.93. The average molecular weight is 279 g/mol. The molecule has 1 fully saturated rings. The van der Waals surface area contributed by atoms with Crippen molar-refractivity contribution in [2.45, 2.75) is 45.1 Å². The number of amides is 1. The predicted octanol–water partition coefficient (Wildman–Crippen LogP) is 3.63. The summed E-state index contributed by atoms with van der Waals surface area (Å²) in [5.41, 5.74) is 0.319. The van der Waals surface area contributed by atoms with Crippen molar-refractivity contribution in [2.24, 2.45) is 0 Å². The third-order valence-electron chi connectivity index (χ3n) is 4.01. The molecule has 1 aliphatic rings. The molecule has 0 heterocycles. The minimum atomic E-state index is -0.408. The second-order valence-electron chi connectivity index (χ2n) is 5.23. The van der Waals surface area contributed by atoms with E-state index in [9.17, 15) is 9.18 Å². The number of methoxy groups -OCH3 is 1. The number of ether oxygens (including phenoxy) is 1. The van der Waals surface area contributed by atoms with E-state index in [4.69, 9.17) is 4.74 Å². The van der Waals surface area contributed by atoms with Crippen LogP contribution in [0, 0.1) is 5.82 Å². The highest BCUT2D eigenvalue weighted by atomic mass is 19.1. The van der Waals surface area contributed by atoms with Crippen LogP contribution in [0.4, 0.5) is 4.39 Å². The number of halogens is 1. The molecule has 0 unspecified atom stereocenters. The van der Waals surface area contributed by atoms with Crippen molar-refractivity contribution in [3.05, 3.63) is 29.6 Å². The second kappa shape index (κ2) is 6.73. The molecular weight excluding hydrogens is 257 g/mol. The molecule has 20 heavy (non-hydrogen) atoms. The Bertz CT molecular complexity index is 470. The molecule has 1 amide bonds. The van der Waals surface area contributed by atoms with Crippen LogP contribution in [-0.2, 0) is 0 Å². The zero-order chi connectivity index (χ0) is 14.5. The Morgan fingerprint density at radius 1 is 1.35 bits per heavy atom. The third-order valence-corrected chi connectivity index (χ3v) is 4.01. The Labute approximate surface area is 119 Å². The van der Waals surface area contributed by atoms with Crippen LogP contribution in [0.5, 0.6) is 5.75 Å². The molecule has 0 aliphatic heterocycles. The monoisotopic (exact) mass is 279 g/mol. The van der Waals surface area contributed by atoms with Gasteiger partial charge in [-0.05, 0) is 38.0 Å². The lowest BCUT2D eigenvalue weighted by Crippen LogP contribution is -2.41. The van der Waals surface area contributed by atoms with Crippen LogP contribution < -0.4 is 4.74 Å². The molecule has 110 valence electrons. The molecule has 1 saturated carbocycles. The molecule has 0 bridgehead atoms. The van der Waals surface area contributed by atoms with E-state index in [0.717, 1.165) is 25.7 Å². The Balaban J connectivity index is 2.25. The smallest absolute Gasteiger partial charge is 0.257 e. The van der Waals surface area contributed by atoms with Gasteiger partial charge in [-0.25, -0.2) is 4.39 Å². The van der Waals surface area contributed by atoms with Crippen molar-refractivity contribution in [3.63, 3.8) is 0 Å². The largest absolute Gasteiger partial charge is 0.496 e. The first-order valence-electron chi connectivity index (χ1n) is 7.32. The molecule has 0 spiro atoms. The van der Waals surface area contributed by atoms with Gasteiger partial charge >= 0.3 is 0 Å². The predicted molar refractivity (Wildman–Crippen MR) is 76.5 cm³/mol. The molecule has 0 aromatic heterocycles. The highest BCUT2D eigenvalue weighted by Gasteiger charge is 2.27. The van der Waals surface area contributed by atoms with Crippen molar-refractivity contribution in [1.29, 1.82) is 0 Å². The van der Waals surface area contributed by atoms with Crippen molar-refractivity contribution in [3.8, 4) is 5.75 Å². The molecule has 0 saturated heterocycles. The van der Waals surface area contributed by atoms with Gasteiger partial charge in [0, 0.05) is 12.6 Å².